The Morgan fingerprint density at radius 2 is 1.68 bits per heavy atom. The molecule has 0 bridgehead atoms. The van der Waals surface area contributed by atoms with E-state index >= 15 is 0 Å². The third-order valence-corrected chi connectivity index (χ3v) is 4.09. The molecule has 1 aliphatic heterocycles. The van der Waals surface area contributed by atoms with Crippen LogP contribution in [0.5, 0.6) is 0 Å². The van der Waals surface area contributed by atoms with E-state index in [4.69, 9.17) is 0 Å². The van der Waals surface area contributed by atoms with Crippen LogP contribution in [0.3, 0.4) is 0 Å². The summed E-state index contributed by atoms with van der Waals surface area (Å²) in [5.41, 5.74) is 5.67. The van der Waals surface area contributed by atoms with Crippen molar-refractivity contribution in [2.45, 2.75) is 0 Å². The smallest absolute Gasteiger partial charge is 0.110 e. The van der Waals surface area contributed by atoms with Crippen molar-refractivity contribution in [2.24, 2.45) is 0 Å². The van der Waals surface area contributed by atoms with Gasteiger partial charge in [0.25, 0.3) is 0 Å². The molecule has 0 aliphatic carbocycles. The van der Waals surface area contributed by atoms with Gasteiger partial charge in [0.1, 0.15) is 5.82 Å². The zero-order valence-electron chi connectivity index (χ0n) is 12.3. The second-order valence-electron chi connectivity index (χ2n) is 5.33. The molecule has 108 valence electrons. The molecule has 0 radical (unpaired) electrons. The molecule has 1 aliphatic rings. The third-order valence-electron chi connectivity index (χ3n) is 4.09. The molecule has 0 fully saturated rings. The summed E-state index contributed by atoms with van der Waals surface area (Å²) in [4.78, 5) is 4.29. The lowest BCUT2D eigenvalue weighted by molar-refractivity contribution is 1.09. The molecule has 2 aromatic carbocycles. The number of aromatic amines is 1. The van der Waals surface area contributed by atoms with E-state index in [9.17, 15) is 0 Å². The van der Waals surface area contributed by atoms with Crippen molar-refractivity contribution >= 4 is 17.1 Å². The molecular formula is C18H16N4. The summed E-state index contributed by atoms with van der Waals surface area (Å²) >= 11 is 0. The van der Waals surface area contributed by atoms with E-state index in [2.05, 4.69) is 69.0 Å². The highest BCUT2D eigenvalue weighted by Gasteiger charge is 2.27. The maximum absolute atomic E-state index is 4.22. The Labute approximate surface area is 129 Å². The number of nitrogens with one attached hydrogen (secondary N) is 1. The molecule has 0 atom stereocenters. The molecule has 0 spiro atoms. The van der Waals surface area contributed by atoms with Crippen LogP contribution in [0.1, 0.15) is 0 Å². The minimum absolute atomic E-state index is 0.956. The van der Waals surface area contributed by atoms with Crippen LogP contribution < -0.4 is 9.80 Å². The van der Waals surface area contributed by atoms with Crippen molar-refractivity contribution in [1.82, 2.24) is 10.2 Å². The zero-order valence-corrected chi connectivity index (χ0v) is 12.3. The number of nitrogens with zero attached hydrogens (tertiary/aromatic N) is 3. The van der Waals surface area contributed by atoms with Crippen LogP contribution in [0.2, 0.25) is 0 Å². The number of fused-ring (bicyclic) bond motifs is 1. The monoisotopic (exact) mass is 288 g/mol. The fraction of sp³-hybridized carbons (Fsp3) is 0.0556. The summed E-state index contributed by atoms with van der Waals surface area (Å²) in [6, 6.07) is 16.8. The first-order valence-electron chi connectivity index (χ1n) is 7.17. The molecule has 0 unspecified atom stereocenters. The minimum atomic E-state index is 0.956. The predicted molar refractivity (Wildman–Crippen MR) is 90.1 cm³/mol. The summed E-state index contributed by atoms with van der Waals surface area (Å²) < 4.78 is 0. The maximum atomic E-state index is 4.22. The predicted octanol–water partition coefficient (Wildman–Crippen LogP) is 4.14. The molecule has 4 rings (SSSR count). The fourth-order valence-electron chi connectivity index (χ4n) is 2.86. The number of H-pyrrole nitrogens is 1. The largest absolute Gasteiger partial charge is 0.329 e. The summed E-state index contributed by atoms with van der Waals surface area (Å²) in [5, 5.41) is 6.84. The van der Waals surface area contributed by atoms with Gasteiger partial charge in [0.15, 0.2) is 0 Å². The second kappa shape index (κ2) is 4.77. The fourth-order valence-corrected chi connectivity index (χ4v) is 2.86. The highest BCUT2D eigenvalue weighted by molar-refractivity contribution is 5.88. The van der Waals surface area contributed by atoms with Gasteiger partial charge in [0.05, 0.1) is 17.6 Å². The number of benzene rings is 2. The van der Waals surface area contributed by atoms with Crippen LogP contribution in [-0.4, -0.2) is 17.2 Å². The Hall–Kier alpha value is -3.01. The standard InChI is InChI=1S/C18H16N4/c1-13-21(2)17-5-3-4-6-18(17)22(13)16-9-7-14(8-10-16)15-11-19-20-12-15/h3-12H,1H2,2H3,(H,19,20). The number of hydrogen-bond acceptors (Lipinski definition) is 3. The number of aromatic nitrogens is 2. The molecular weight excluding hydrogens is 272 g/mol. The van der Waals surface area contributed by atoms with Gasteiger partial charge in [0.2, 0.25) is 0 Å². The minimum Gasteiger partial charge on any atom is -0.329 e. The van der Waals surface area contributed by atoms with E-state index in [-0.39, 0.29) is 0 Å². The lowest BCUT2D eigenvalue weighted by Gasteiger charge is -2.22. The number of hydrogen-bond donors (Lipinski definition) is 1. The van der Waals surface area contributed by atoms with Crippen LogP contribution in [0.25, 0.3) is 11.1 Å². The molecule has 1 aromatic heterocycles. The van der Waals surface area contributed by atoms with Gasteiger partial charge >= 0.3 is 0 Å². The van der Waals surface area contributed by atoms with Crippen LogP contribution >= 0.6 is 0 Å². The topological polar surface area (TPSA) is 35.2 Å². The van der Waals surface area contributed by atoms with Crippen molar-refractivity contribution in [3.05, 3.63) is 73.3 Å². The first-order chi connectivity index (χ1) is 10.8. The van der Waals surface area contributed by atoms with Gasteiger partial charge in [-0.05, 0) is 29.8 Å². The molecule has 22 heavy (non-hydrogen) atoms. The quantitative estimate of drug-likeness (QED) is 0.770. The summed E-state index contributed by atoms with van der Waals surface area (Å²) in [7, 11) is 2.04. The van der Waals surface area contributed by atoms with Crippen molar-refractivity contribution in [3.63, 3.8) is 0 Å². The van der Waals surface area contributed by atoms with E-state index in [1.807, 2.05) is 25.5 Å². The number of rotatable bonds is 2. The van der Waals surface area contributed by atoms with Crippen LogP contribution in [0.4, 0.5) is 17.1 Å². The van der Waals surface area contributed by atoms with E-state index in [1.54, 1.807) is 0 Å². The molecule has 0 saturated carbocycles. The average Bonchev–Trinajstić information content (AvgIpc) is 3.17. The van der Waals surface area contributed by atoms with Crippen LogP contribution in [-0.2, 0) is 0 Å². The Morgan fingerprint density at radius 1 is 0.955 bits per heavy atom. The molecule has 2 heterocycles. The van der Waals surface area contributed by atoms with Crippen molar-refractivity contribution in [1.29, 1.82) is 0 Å². The van der Waals surface area contributed by atoms with Crippen molar-refractivity contribution in [2.75, 3.05) is 16.8 Å². The SMILES string of the molecule is C=C1N(C)c2ccccc2N1c1ccc(-c2cn[nH]c2)cc1. The van der Waals surface area contributed by atoms with Gasteiger partial charge in [-0.15, -0.1) is 0 Å². The van der Waals surface area contributed by atoms with Gasteiger partial charge in [-0.25, -0.2) is 0 Å². The Kier molecular flexibility index (Phi) is 2.76. The highest BCUT2D eigenvalue weighted by Crippen LogP contribution is 2.44. The molecule has 4 heteroatoms. The highest BCUT2D eigenvalue weighted by atomic mass is 15.4. The Bertz CT molecular complexity index is 819. The summed E-state index contributed by atoms with van der Waals surface area (Å²) in [6.45, 7) is 4.22. The van der Waals surface area contributed by atoms with Crippen LogP contribution in [0.15, 0.2) is 73.3 Å². The van der Waals surface area contributed by atoms with Gasteiger partial charge in [-0.3, -0.25) is 10.00 Å². The summed E-state index contributed by atoms with van der Waals surface area (Å²) in [6.07, 6.45) is 3.72. The lowest BCUT2D eigenvalue weighted by atomic mass is 10.1. The normalized spacial score (nSPS) is 13.6. The molecule has 0 saturated heterocycles. The van der Waals surface area contributed by atoms with Gasteiger partial charge in [0, 0.05) is 24.5 Å². The molecule has 0 amide bonds. The second-order valence-corrected chi connectivity index (χ2v) is 5.33. The Balaban J connectivity index is 1.75. The molecule has 4 nitrogen and oxygen atoms in total. The van der Waals surface area contributed by atoms with Crippen molar-refractivity contribution < 1.29 is 0 Å². The lowest BCUT2D eigenvalue weighted by Crippen LogP contribution is -2.20. The first kappa shape index (κ1) is 12.7. The van der Waals surface area contributed by atoms with E-state index in [0.29, 0.717) is 0 Å². The zero-order chi connectivity index (χ0) is 15.1. The van der Waals surface area contributed by atoms with Crippen LogP contribution in [0, 0.1) is 0 Å². The molecule has 1 N–H and O–H groups in total. The van der Waals surface area contributed by atoms with E-state index < -0.39 is 0 Å². The first-order valence-corrected chi connectivity index (χ1v) is 7.17. The maximum Gasteiger partial charge on any atom is 0.110 e. The number of para-hydroxylation sites is 2. The van der Waals surface area contributed by atoms with E-state index in [1.165, 1.54) is 5.69 Å². The van der Waals surface area contributed by atoms with Gasteiger partial charge < -0.3 is 4.90 Å². The van der Waals surface area contributed by atoms with Gasteiger partial charge in [-0.1, -0.05) is 30.8 Å². The third kappa shape index (κ3) is 1.81. The summed E-state index contributed by atoms with van der Waals surface area (Å²) in [5.74, 6) is 0.956. The Morgan fingerprint density at radius 3 is 2.36 bits per heavy atom. The average molecular weight is 288 g/mol. The number of anilines is 3. The molecule has 3 aromatic rings. The van der Waals surface area contributed by atoms with Crippen molar-refractivity contribution in [3.8, 4) is 11.1 Å². The van der Waals surface area contributed by atoms with E-state index in [0.717, 1.165) is 28.3 Å². The van der Waals surface area contributed by atoms with Gasteiger partial charge in [-0.2, -0.15) is 5.10 Å².